The molecule has 1 heterocycles. The molecule has 212 valence electrons. The number of amides is 2. The van der Waals surface area contributed by atoms with Crippen molar-refractivity contribution in [2.24, 2.45) is 11.8 Å². The third-order valence-corrected chi connectivity index (χ3v) is 8.09. The quantitative estimate of drug-likeness (QED) is 0.391. The molecule has 0 aromatic heterocycles. The molecule has 39 heavy (non-hydrogen) atoms. The van der Waals surface area contributed by atoms with Crippen molar-refractivity contribution in [1.29, 1.82) is 0 Å². The van der Waals surface area contributed by atoms with E-state index in [1.165, 1.54) is 0 Å². The van der Waals surface area contributed by atoms with Gasteiger partial charge in [-0.05, 0) is 67.3 Å². The van der Waals surface area contributed by atoms with Gasteiger partial charge in [-0.3, -0.25) is 4.79 Å². The molecule has 7 heteroatoms. The number of piperidine rings is 1. The SMILES string of the molecule is CC(C)COC(=O)N(Cc1ccc(C2CCCCC2C(=O)NC(CO)c2ccccc2)cc1)C1CCNCC1. The summed E-state index contributed by atoms with van der Waals surface area (Å²) >= 11 is 0. The molecule has 0 radical (unpaired) electrons. The first-order valence-electron chi connectivity index (χ1n) is 14.7. The van der Waals surface area contributed by atoms with Crippen LogP contribution in [0.25, 0.3) is 0 Å². The van der Waals surface area contributed by atoms with E-state index in [4.69, 9.17) is 4.74 Å². The van der Waals surface area contributed by atoms with E-state index in [9.17, 15) is 14.7 Å². The number of hydrogen-bond donors (Lipinski definition) is 3. The fraction of sp³-hybridized carbons (Fsp3) is 0.562. The van der Waals surface area contributed by atoms with Gasteiger partial charge in [-0.15, -0.1) is 0 Å². The third-order valence-electron chi connectivity index (χ3n) is 8.09. The van der Waals surface area contributed by atoms with E-state index >= 15 is 0 Å². The van der Waals surface area contributed by atoms with Crippen molar-refractivity contribution >= 4 is 12.0 Å². The molecule has 2 fully saturated rings. The summed E-state index contributed by atoms with van der Waals surface area (Å²) in [7, 11) is 0. The molecule has 0 bridgehead atoms. The van der Waals surface area contributed by atoms with E-state index in [0.29, 0.717) is 19.1 Å². The highest BCUT2D eigenvalue weighted by Crippen LogP contribution is 2.38. The Labute approximate surface area is 233 Å². The molecule has 2 amide bonds. The summed E-state index contributed by atoms with van der Waals surface area (Å²) in [4.78, 5) is 28.3. The van der Waals surface area contributed by atoms with Crippen LogP contribution in [0.1, 0.15) is 81.0 Å². The first kappa shape index (κ1) is 29.1. The Kier molecular flexibility index (Phi) is 10.8. The standard InChI is InChI=1S/C32H45N3O4/c1-23(2)22-39-32(38)35(27-16-18-33-19-17-27)20-24-12-14-25(15-13-24)28-10-6-7-11-29(28)31(37)34-30(21-36)26-8-4-3-5-9-26/h3-5,8-9,12-15,23,27-30,33,36H,6-7,10-11,16-22H2,1-2H3,(H,34,37). The second kappa shape index (κ2) is 14.5. The second-order valence-corrected chi connectivity index (χ2v) is 11.5. The molecule has 1 aliphatic carbocycles. The van der Waals surface area contributed by atoms with Crippen LogP contribution in [0.3, 0.4) is 0 Å². The summed E-state index contributed by atoms with van der Waals surface area (Å²) in [6.45, 7) is 6.72. The Morgan fingerprint density at radius 2 is 1.69 bits per heavy atom. The van der Waals surface area contributed by atoms with Crippen molar-refractivity contribution in [2.45, 2.75) is 76.9 Å². The van der Waals surface area contributed by atoms with Crippen molar-refractivity contribution < 1.29 is 19.4 Å². The molecule has 3 N–H and O–H groups in total. The number of carbonyl (C=O) groups is 2. The van der Waals surface area contributed by atoms with Gasteiger partial charge < -0.3 is 25.4 Å². The zero-order valence-electron chi connectivity index (χ0n) is 23.5. The molecule has 3 unspecified atom stereocenters. The lowest BCUT2D eigenvalue weighted by Crippen LogP contribution is -2.46. The number of carbonyl (C=O) groups excluding carboxylic acids is 2. The third kappa shape index (κ3) is 8.05. The molecule has 0 spiro atoms. The van der Waals surface area contributed by atoms with E-state index in [-0.39, 0.29) is 36.5 Å². The summed E-state index contributed by atoms with van der Waals surface area (Å²) in [5, 5.41) is 16.4. The molecule has 1 aliphatic heterocycles. The number of benzene rings is 2. The van der Waals surface area contributed by atoms with Crippen molar-refractivity contribution in [3.05, 3.63) is 71.3 Å². The number of nitrogens with one attached hydrogen (secondary N) is 2. The summed E-state index contributed by atoms with van der Waals surface area (Å²) < 4.78 is 5.63. The van der Waals surface area contributed by atoms with Crippen LogP contribution < -0.4 is 10.6 Å². The van der Waals surface area contributed by atoms with Crippen molar-refractivity contribution in [2.75, 3.05) is 26.3 Å². The minimum absolute atomic E-state index is 0.0108. The average molecular weight is 536 g/mol. The number of hydrogen-bond acceptors (Lipinski definition) is 5. The van der Waals surface area contributed by atoms with E-state index in [0.717, 1.165) is 68.3 Å². The zero-order chi connectivity index (χ0) is 27.6. The van der Waals surface area contributed by atoms with Gasteiger partial charge in [-0.1, -0.05) is 81.3 Å². The average Bonchev–Trinajstić information content (AvgIpc) is 2.98. The summed E-state index contributed by atoms with van der Waals surface area (Å²) in [6, 6.07) is 17.9. The van der Waals surface area contributed by atoms with Gasteiger partial charge in [0.05, 0.1) is 19.3 Å². The van der Waals surface area contributed by atoms with Crippen LogP contribution in [-0.4, -0.2) is 54.4 Å². The van der Waals surface area contributed by atoms with Gasteiger partial charge in [-0.25, -0.2) is 4.79 Å². The van der Waals surface area contributed by atoms with Crippen LogP contribution in [0, 0.1) is 11.8 Å². The Morgan fingerprint density at radius 3 is 2.36 bits per heavy atom. The Balaban J connectivity index is 1.44. The van der Waals surface area contributed by atoms with Crippen LogP contribution in [0.15, 0.2) is 54.6 Å². The highest BCUT2D eigenvalue weighted by atomic mass is 16.6. The van der Waals surface area contributed by atoms with Crippen molar-refractivity contribution in [1.82, 2.24) is 15.5 Å². The normalized spacial score (nSPS) is 20.8. The molecule has 3 atom stereocenters. The number of nitrogens with zero attached hydrogens (tertiary/aromatic N) is 1. The lowest BCUT2D eigenvalue weighted by atomic mass is 9.74. The lowest BCUT2D eigenvalue weighted by molar-refractivity contribution is -0.127. The van der Waals surface area contributed by atoms with Crippen LogP contribution >= 0.6 is 0 Å². The number of aliphatic hydroxyl groups excluding tert-OH is 1. The largest absolute Gasteiger partial charge is 0.449 e. The highest BCUT2D eigenvalue weighted by molar-refractivity contribution is 5.80. The van der Waals surface area contributed by atoms with Crippen LogP contribution in [-0.2, 0) is 16.1 Å². The van der Waals surface area contributed by atoms with E-state index < -0.39 is 6.04 Å². The molecule has 2 aliphatic rings. The Bertz CT molecular complexity index is 1040. The molecule has 7 nitrogen and oxygen atoms in total. The van der Waals surface area contributed by atoms with E-state index in [1.807, 2.05) is 49.1 Å². The molecular weight excluding hydrogens is 490 g/mol. The maximum atomic E-state index is 13.4. The Hall–Kier alpha value is -2.90. The van der Waals surface area contributed by atoms with Gasteiger partial charge in [0.1, 0.15) is 0 Å². The number of aliphatic hydroxyl groups is 1. The summed E-state index contributed by atoms with van der Waals surface area (Å²) in [5.74, 6) is 0.319. The molecule has 2 aromatic rings. The molecule has 1 saturated heterocycles. The Morgan fingerprint density at radius 1 is 1.00 bits per heavy atom. The van der Waals surface area contributed by atoms with Crippen molar-refractivity contribution in [3.63, 3.8) is 0 Å². The maximum Gasteiger partial charge on any atom is 0.410 e. The van der Waals surface area contributed by atoms with Gasteiger partial charge in [0.25, 0.3) is 0 Å². The minimum atomic E-state index is -0.403. The zero-order valence-corrected chi connectivity index (χ0v) is 23.5. The minimum Gasteiger partial charge on any atom is -0.449 e. The fourth-order valence-electron chi connectivity index (χ4n) is 5.89. The second-order valence-electron chi connectivity index (χ2n) is 11.5. The van der Waals surface area contributed by atoms with Gasteiger partial charge in [-0.2, -0.15) is 0 Å². The molecule has 2 aromatic carbocycles. The number of rotatable bonds is 10. The van der Waals surface area contributed by atoms with Gasteiger partial charge in [0.2, 0.25) is 5.91 Å². The van der Waals surface area contributed by atoms with E-state index in [1.54, 1.807) is 0 Å². The number of ether oxygens (including phenoxy) is 1. The van der Waals surface area contributed by atoms with Crippen LogP contribution in [0.2, 0.25) is 0 Å². The van der Waals surface area contributed by atoms with Crippen molar-refractivity contribution in [3.8, 4) is 0 Å². The van der Waals surface area contributed by atoms with Crippen LogP contribution in [0.5, 0.6) is 0 Å². The van der Waals surface area contributed by atoms with Gasteiger partial charge in [0.15, 0.2) is 0 Å². The summed E-state index contributed by atoms with van der Waals surface area (Å²) in [6.07, 6.45) is 5.55. The lowest BCUT2D eigenvalue weighted by Gasteiger charge is -2.34. The predicted octanol–water partition coefficient (Wildman–Crippen LogP) is 5.16. The van der Waals surface area contributed by atoms with Gasteiger partial charge >= 0.3 is 6.09 Å². The molecule has 4 rings (SSSR count). The first-order valence-corrected chi connectivity index (χ1v) is 14.7. The first-order chi connectivity index (χ1) is 19.0. The maximum absolute atomic E-state index is 13.4. The predicted molar refractivity (Wildman–Crippen MR) is 153 cm³/mol. The van der Waals surface area contributed by atoms with E-state index in [2.05, 4.69) is 34.9 Å². The smallest absolute Gasteiger partial charge is 0.410 e. The van der Waals surface area contributed by atoms with Gasteiger partial charge in [0, 0.05) is 18.5 Å². The summed E-state index contributed by atoms with van der Waals surface area (Å²) in [5.41, 5.74) is 3.14. The fourth-order valence-corrected chi connectivity index (χ4v) is 5.89. The molecular formula is C32H45N3O4. The molecule has 1 saturated carbocycles. The topological polar surface area (TPSA) is 90.9 Å². The monoisotopic (exact) mass is 535 g/mol. The van der Waals surface area contributed by atoms with Crippen LogP contribution in [0.4, 0.5) is 4.79 Å². The highest BCUT2D eigenvalue weighted by Gasteiger charge is 2.33.